The fourth-order valence-corrected chi connectivity index (χ4v) is 0. The van der Waals surface area contributed by atoms with Crippen molar-refractivity contribution in [3.63, 3.8) is 0 Å². The molecule has 0 aliphatic rings. The molecular formula is C2H4IN. The Balaban J connectivity index is 0. The molecule has 0 rings (SSSR count). The number of hydrogen-bond donors (Lipinski definition) is 1. The molecule has 0 bridgehead atoms. The Labute approximate surface area is 42.2 Å². The van der Waals surface area contributed by atoms with Gasteiger partial charge in [-0.1, -0.05) is 0 Å². The maximum atomic E-state index is 5.85. The van der Waals surface area contributed by atoms with E-state index in [2.05, 4.69) is 6.58 Å². The first-order chi connectivity index (χ1) is 1.41. The van der Waals surface area contributed by atoms with Crippen LogP contribution in [0.3, 0.4) is 0 Å². The second-order valence-electron chi connectivity index (χ2n) is 0.177. The second-order valence-corrected chi connectivity index (χ2v) is 0.177. The maximum Gasteiger partial charge on any atom is -0.0306 e. The summed E-state index contributed by atoms with van der Waals surface area (Å²) in [5.74, 6) is 1.75. The molecule has 24 valence electrons. The van der Waals surface area contributed by atoms with Gasteiger partial charge in [0.05, 0.1) is 0 Å². The molecule has 0 amide bonds. The highest BCUT2D eigenvalue weighted by molar-refractivity contribution is 14.0. The molecule has 0 unspecified atom stereocenters. The van der Waals surface area contributed by atoms with Gasteiger partial charge in [-0.2, -0.15) is 0 Å². The highest BCUT2D eigenvalue weighted by atomic mass is 127. The molecule has 1 nitrogen and oxygen atoms in total. The molecule has 2 heteroatoms. The van der Waals surface area contributed by atoms with E-state index in [1.165, 1.54) is 0 Å². The van der Waals surface area contributed by atoms with Gasteiger partial charge in [0.25, 0.3) is 0 Å². The minimum Gasteiger partial charge on any atom is -0.259 e. The first-order valence-electron chi connectivity index (χ1n) is 0.604. The monoisotopic (exact) mass is 169 g/mol. The molecule has 0 aliphatic carbocycles. The summed E-state index contributed by atoms with van der Waals surface area (Å²) >= 11 is 0. The lowest BCUT2D eigenvalue weighted by Crippen LogP contribution is -1.10. The zero-order valence-electron chi connectivity index (χ0n) is 2.12. The van der Waals surface area contributed by atoms with E-state index in [9.17, 15) is 0 Å². The third kappa shape index (κ3) is 93.7. The van der Waals surface area contributed by atoms with Gasteiger partial charge in [0.15, 0.2) is 0 Å². The fraction of sp³-hybridized carbons (Fsp3) is 0. The lowest BCUT2D eigenvalue weighted by atomic mass is 11.2. The Bertz CT molecular complexity index is 27.0. The van der Waals surface area contributed by atoms with Gasteiger partial charge in [-0.15, -0.1) is 24.0 Å². The van der Waals surface area contributed by atoms with Crippen LogP contribution in [0.4, 0.5) is 0 Å². The summed E-state index contributed by atoms with van der Waals surface area (Å²) in [4.78, 5) is 0. The SMILES string of the molecule is C=C=N.I. The van der Waals surface area contributed by atoms with Crippen LogP contribution in [-0.2, 0) is 0 Å². The predicted molar refractivity (Wildman–Crippen MR) is 28.8 cm³/mol. The van der Waals surface area contributed by atoms with E-state index in [0.717, 1.165) is 0 Å². The van der Waals surface area contributed by atoms with Gasteiger partial charge in [-0.3, -0.25) is 5.41 Å². The second kappa shape index (κ2) is 10.9. The van der Waals surface area contributed by atoms with E-state index in [-0.39, 0.29) is 24.0 Å². The van der Waals surface area contributed by atoms with Gasteiger partial charge >= 0.3 is 0 Å². The number of halogens is 1. The normalized spacial score (nSPS) is 2.00. The van der Waals surface area contributed by atoms with Crippen molar-refractivity contribution in [1.82, 2.24) is 0 Å². The van der Waals surface area contributed by atoms with E-state index < -0.39 is 0 Å². The Hall–Kier alpha value is 0.180. The third-order valence-corrected chi connectivity index (χ3v) is 0. The molecule has 0 aliphatic heterocycles. The van der Waals surface area contributed by atoms with E-state index in [1.54, 1.807) is 5.87 Å². The van der Waals surface area contributed by atoms with Crippen molar-refractivity contribution in [1.29, 1.82) is 5.41 Å². The molecule has 0 aromatic carbocycles. The van der Waals surface area contributed by atoms with Gasteiger partial charge in [0, 0.05) is 0 Å². The van der Waals surface area contributed by atoms with Crippen molar-refractivity contribution in [2.75, 3.05) is 0 Å². The van der Waals surface area contributed by atoms with E-state index in [1.807, 2.05) is 0 Å². The molecule has 0 saturated carbocycles. The average Bonchev–Trinajstić information content (AvgIpc) is 0.918. The molecular weight excluding hydrogens is 165 g/mol. The first kappa shape index (κ1) is 8.89. The van der Waals surface area contributed by atoms with E-state index in [0.29, 0.717) is 0 Å². The fourth-order valence-electron chi connectivity index (χ4n) is 0. The van der Waals surface area contributed by atoms with E-state index in [4.69, 9.17) is 5.41 Å². The Morgan fingerprint density at radius 3 is 1.75 bits per heavy atom. The Morgan fingerprint density at radius 1 is 1.75 bits per heavy atom. The van der Waals surface area contributed by atoms with Gasteiger partial charge in [-0.25, -0.2) is 0 Å². The van der Waals surface area contributed by atoms with Gasteiger partial charge < -0.3 is 0 Å². The van der Waals surface area contributed by atoms with Crippen molar-refractivity contribution in [3.05, 3.63) is 6.58 Å². The third-order valence-electron chi connectivity index (χ3n) is 0. The summed E-state index contributed by atoms with van der Waals surface area (Å²) in [6.07, 6.45) is 0. The molecule has 0 atom stereocenters. The zero-order valence-corrected chi connectivity index (χ0v) is 4.45. The van der Waals surface area contributed by atoms with Crippen LogP contribution in [-0.4, -0.2) is 5.87 Å². The number of hydrogen-bond acceptors (Lipinski definition) is 1. The molecule has 0 aromatic rings. The number of rotatable bonds is 0. The van der Waals surface area contributed by atoms with Crippen LogP contribution in [0.15, 0.2) is 6.58 Å². The van der Waals surface area contributed by atoms with Gasteiger partial charge in [0.1, 0.15) is 0 Å². The standard InChI is InChI=1S/C2H3N.HI/c1-2-3;/h3H,1H2;1H. The van der Waals surface area contributed by atoms with Crippen LogP contribution in [0.5, 0.6) is 0 Å². The summed E-state index contributed by atoms with van der Waals surface area (Å²) < 4.78 is 0. The summed E-state index contributed by atoms with van der Waals surface area (Å²) in [6.45, 7) is 2.90. The summed E-state index contributed by atoms with van der Waals surface area (Å²) in [5, 5.41) is 5.85. The minimum absolute atomic E-state index is 0. The number of nitrogens with one attached hydrogen (secondary N) is 1. The van der Waals surface area contributed by atoms with Gasteiger partial charge in [0.2, 0.25) is 0 Å². The quantitative estimate of drug-likeness (QED) is 0.413. The van der Waals surface area contributed by atoms with Crippen LogP contribution in [0, 0.1) is 5.41 Å². The highest BCUT2D eigenvalue weighted by Crippen LogP contribution is 0.942. The highest BCUT2D eigenvalue weighted by Gasteiger charge is 0.918. The lowest BCUT2D eigenvalue weighted by molar-refractivity contribution is 1.60. The molecule has 0 fully saturated rings. The van der Waals surface area contributed by atoms with Crippen molar-refractivity contribution < 1.29 is 0 Å². The first-order valence-corrected chi connectivity index (χ1v) is 0.604. The molecule has 0 aromatic heterocycles. The molecule has 0 radical (unpaired) electrons. The topological polar surface area (TPSA) is 23.9 Å². The molecule has 0 heterocycles. The summed E-state index contributed by atoms with van der Waals surface area (Å²) in [6, 6.07) is 0. The molecule has 1 N–H and O–H groups in total. The van der Waals surface area contributed by atoms with Crippen LogP contribution in [0.25, 0.3) is 0 Å². The largest absolute Gasteiger partial charge is 0.259 e. The van der Waals surface area contributed by atoms with Crippen molar-refractivity contribution >= 4 is 29.8 Å². The molecule has 0 spiro atoms. The van der Waals surface area contributed by atoms with Crippen molar-refractivity contribution in [2.24, 2.45) is 0 Å². The zero-order chi connectivity index (χ0) is 2.71. The van der Waals surface area contributed by atoms with Crippen LogP contribution in [0.1, 0.15) is 0 Å². The maximum absolute atomic E-state index is 5.85. The van der Waals surface area contributed by atoms with Crippen LogP contribution >= 0.6 is 24.0 Å². The summed E-state index contributed by atoms with van der Waals surface area (Å²) in [5.41, 5.74) is 0. The minimum atomic E-state index is 0. The average molecular weight is 169 g/mol. The van der Waals surface area contributed by atoms with Gasteiger partial charge in [-0.05, 0) is 12.4 Å². The summed E-state index contributed by atoms with van der Waals surface area (Å²) in [7, 11) is 0. The smallest absolute Gasteiger partial charge is 0.0306 e. The van der Waals surface area contributed by atoms with E-state index >= 15 is 0 Å². The molecule has 0 saturated heterocycles. The van der Waals surface area contributed by atoms with Crippen LogP contribution in [0.2, 0.25) is 0 Å². The molecule has 4 heavy (non-hydrogen) atoms. The van der Waals surface area contributed by atoms with Crippen LogP contribution < -0.4 is 0 Å². The Kier molecular flexibility index (Phi) is 24.1. The van der Waals surface area contributed by atoms with Crippen molar-refractivity contribution in [2.45, 2.75) is 0 Å². The lowest BCUT2D eigenvalue weighted by Gasteiger charge is -1.10. The predicted octanol–water partition coefficient (Wildman–Crippen LogP) is 1.04. The Morgan fingerprint density at radius 2 is 1.75 bits per heavy atom. The van der Waals surface area contributed by atoms with Crippen molar-refractivity contribution in [3.8, 4) is 0 Å².